The number of nitrogens with one attached hydrogen (secondary N) is 2. The summed E-state index contributed by atoms with van der Waals surface area (Å²) in [6.45, 7) is 22.4. The van der Waals surface area contributed by atoms with Crippen LogP contribution in [0, 0.1) is 6.92 Å². The number of para-hydroxylation sites is 2. The van der Waals surface area contributed by atoms with Crippen LogP contribution in [0.15, 0.2) is 254 Å². The summed E-state index contributed by atoms with van der Waals surface area (Å²) in [6.07, 6.45) is 50.8. The van der Waals surface area contributed by atoms with Crippen molar-refractivity contribution in [3.05, 3.63) is 281 Å². The molecule has 0 radical (unpaired) electrons. The first-order chi connectivity index (χ1) is 35.3. The lowest BCUT2D eigenvalue weighted by atomic mass is 9.96. The molecular weight excluding hydrogens is 871 g/mol. The summed E-state index contributed by atoms with van der Waals surface area (Å²) in [5.74, 6) is 0. The maximum atomic E-state index is 3.79. The summed E-state index contributed by atoms with van der Waals surface area (Å²) in [5.41, 5.74) is 12.4. The lowest BCUT2D eigenvalue weighted by Crippen LogP contribution is -2.37. The van der Waals surface area contributed by atoms with E-state index in [9.17, 15) is 0 Å². The first-order valence-electron chi connectivity index (χ1n) is 25.8. The number of likely N-dealkylation sites (N-methyl/N-ethyl adjacent to an activating group) is 1. The summed E-state index contributed by atoms with van der Waals surface area (Å²) in [7, 11) is 1.97. The van der Waals surface area contributed by atoms with E-state index in [1.165, 1.54) is 60.6 Å². The fourth-order valence-electron chi connectivity index (χ4n) is 7.63. The fourth-order valence-corrected chi connectivity index (χ4v) is 7.63. The van der Waals surface area contributed by atoms with Gasteiger partial charge in [-0.2, -0.15) is 0 Å². The highest BCUT2D eigenvalue weighted by molar-refractivity contribution is 5.84. The molecule has 1 unspecified atom stereocenters. The molecule has 5 aromatic rings. The van der Waals surface area contributed by atoms with E-state index in [0.29, 0.717) is 0 Å². The summed E-state index contributed by atoms with van der Waals surface area (Å²) in [5, 5.41) is 10.7. The van der Waals surface area contributed by atoms with Gasteiger partial charge < -0.3 is 15.2 Å². The standard InChI is InChI=1S/C34H34N2.C21H25N.C7H8.C5H10.C2H6/c1-4-6-14-27(3)21-22-28(15-7-5-2)16-13-25-35-29-23-24-34-32(26-29)31-19-11-12-20-33(31)36(34)30-17-9-8-10-18-30;1-4-5-6-7-10-18-11-8-9-12-21(18)19-14-13-17(2)15-20(16-19)22-3;1-7-5-3-2-4-6-7;1-3-5-4-2;1-2/h4-22,24-26,29,35H,2,23H2,1,3H3;5-13,15-16,22H,4,14H2,1-3H3;2-6H,1H3;3,5H,4H2,1-2H3;1-2H3/b6-4-,15-7+,22-21-,25-13+,27-14+,28-16-;6-5-,10-7-;;5-3-;. The number of hydrogen-bond donors (Lipinski definition) is 2. The van der Waals surface area contributed by atoms with E-state index in [2.05, 4.69) is 251 Å². The molecule has 0 aliphatic heterocycles. The van der Waals surface area contributed by atoms with Crippen molar-refractivity contribution >= 4 is 34.7 Å². The molecule has 1 heterocycles. The van der Waals surface area contributed by atoms with Gasteiger partial charge in [-0.05, 0) is 125 Å². The van der Waals surface area contributed by atoms with E-state index in [4.69, 9.17) is 0 Å². The topological polar surface area (TPSA) is 29.0 Å². The normalized spacial score (nSPS) is 14.7. The first kappa shape index (κ1) is 58.7. The minimum Gasteiger partial charge on any atom is -0.388 e. The molecule has 4 aromatic carbocycles. The van der Waals surface area contributed by atoms with Crippen LogP contribution in [0.5, 0.6) is 0 Å². The van der Waals surface area contributed by atoms with Gasteiger partial charge in [0.2, 0.25) is 0 Å². The van der Waals surface area contributed by atoms with E-state index in [0.717, 1.165) is 37.0 Å². The second kappa shape index (κ2) is 35.5. The lowest BCUT2D eigenvalue weighted by Gasteiger charge is -2.14. The van der Waals surface area contributed by atoms with E-state index in [-0.39, 0.29) is 6.04 Å². The number of allylic oxidation sites excluding steroid dienone is 22. The Morgan fingerprint density at radius 2 is 1.40 bits per heavy atom. The van der Waals surface area contributed by atoms with Gasteiger partial charge in [0.25, 0.3) is 0 Å². The minimum atomic E-state index is 0.242. The maximum Gasteiger partial charge on any atom is 0.0540 e. The molecule has 0 fully saturated rings. The van der Waals surface area contributed by atoms with Gasteiger partial charge in [0.1, 0.15) is 0 Å². The molecule has 3 nitrogen and oxygen atoms in total. The Hall–Kier alpha value is -7.62. The maximum absolute atomic E-state index is 3.79. The zero-order valence-corrected chi connectivity index (χ0v) is 45.2. The van der Waals surface area contributed by atoms with E-state index < -0.39 is 0 Å². The van der Waals surface area contributed by atoms with Gasteiger partial charge >= 0.3 is 0 Å². The predicted octanol–water partition coefficient (Wildman–Crippen LogP) is 17.3. The Balaban J connectivity index is 0.000000319. The second-order valence-electron chi connectivity index (χ2n) is 16.8. The molecule has 2 aliphatic carbocycles. The van der Waals surface area contributed by atoms with Crippen molar-refractivity contribution in [3.8, 4) is 5.69 Å². The van der Waals surface area contributed by atoms with Gasteiger partial charge in [-0.1, -0.05) is 251 Å². The highest BCUT2D eigenvalue weighted by atomic mass is 15.0. The average Bonchev–Trinajstić information content (AvgIpc) is 3.62. The van der Waals surface area contributed by atoms with Gasteiger partial charge in [0.05, 0.1) is 5.52 Å². The van der Waals surface area contributed by atoms with Crippen LogP contribution in [0.3, 0.4) is 0 Å². The highest BCUT2D eigenvalue weighted by Gasteiger charge is 2.14. The number of hydrogen-bond acceptors (Lipinski definition) is 2. The van der Waals surface area contributed by atoms with Gasteiger partial charge in [-0.3, -0.25) is 0 Å². The third-order valence-corrected chi connectivity index (χ3v) is 11.2. The van der Waals surface area contributed by atoms with Crippen molar-refractivity contribution in [3.63, 3.8) is 0 Å². The molecule has 374 valence electrons. The second-order valence-corrected chi connectivity index (χ2v) is 16.8. The van der Waals surface area contributed by atoms with Gasteiger partial charge in [-0.25, -0.2) is 0 Å². The third-order valence-electron chi connectivity index (χ3n) is 11.2. The monoisotopic (exact) mass is 954 g/mol. The quantitative estimate of drug-likeness (QED) is 0.0809. The van der Waals surface area contributed by atoms with Crippen LogP contribution in [-0.4, -0.2) is 17.7 Å². The average molecular weight is 954 g/mol. The Kier molecular flexibility index (Phi) is 28.9. The largest absolute Gasteiger partial charge is 0.388 e. The van der Waals surface area contributed by atoms with Gasteiger partial charge in [0, 0.05) is 40.4 Å². The fraction of sp³-hybridized carbons (Fsp3) is 0.217. The Morgan fingerprint density at radius 1 is 0.708 bits per heavy atom. The van der Waals surface area contributed by atoms with Crippen LogP contribution >= 0.6 is 0 Å². The molecule has 0 bridgehead atoms. The van der Waals surface area contributed by atoms with Crippen LogP contribution in [0.4, 0.5) is 0 Å². The summed E-state index contributed by atoms with van der Waals surface area (Å²) in [6, 6.07) is 38.3. The molecule has 0 saturated carbocycles. The molecule has 0 saturated heterocycles. The number of nitrogens with zero attached hydrogens (tertiary/aromatic N) is 1. The molecule has 0 amide bonds. The van der Waals surface area contributed by atoms with Crippen LogP contribution in [0.2, 0.25) is 0 Å². The first-order valence-corrected chi connectivity index (χ1v) is 25.8. The van der Waals surface area contributed by atoms with Crippen LogP contribution < -0.4 is 21.2 Å². The zero-order valence-electron chi connectivity index (χ0n) is 45.2. The van der Waals surface area contributed by atoms with Gasteiger partial charge in [-0.15, -0.1) is 0 Å². The number of benzene rings is 4. The molecule has 1 atom stereocenters. The Bertz CT molecular complexity index is 2890. The summed E-state index contributed by atoms with van der Waals surface area (Å²) >= 11 is 0. The van der Waals surface area contributed by atoms with Crippen molar-refractivity contribution in [2.75, 3.05) is 7.05 Å². The van der Waals surface area contributed by atoms with Crippen LogP contribution in [0.25, 0.3) is 40.4 Å². The minimum absolute atomic E-state index is 0.242. The van der Waals surface area contributed by atoms with Crippen molar-refractivity contribution in [1.29, 1.82) is 0 Å². The van der Waals surface area contributed by atoms with E-state index in [1.54, 1.807) is 6.08 Å². The number of aromatic nitrogens is 1. The van der Waals surface area contributed by atoms with Crippen LogP contribution in [-0.2, 0) is 0 Å². The summed E-state index contributed by atoms with van der Waals surface area (Å²) < 4.78 is 2.37. The molecule has 3 heteroatoms. The van der Waals surface area contributed by atoms with Crippen LogP contribution in [0.1, 0.15) is 97.8 Å². The lowest BCUT2D eigenvalue weighted by molar-refractivity contribution is 0.748. The smallest absolute Gasteiger partial charge is 0.0540 e. The van der Waals surface area contributed by atoms with Crippen molar-refractivity contribution in [1.82, 2.24) is 15.2 Å². The highest BCUT2D eigenvalue weighted by Crippen LogP contribution is 2.28. The Labute approximate surface area is 435 Å². The third kappa shape index (κ3) is 20.8. The molecule has 7 rings (SSSR count). The molecule has 1 aromatic heterocycles. The van der Waals surface area contributed by atoms with Crippen molar-refractivity contribution in [2.24, 2.45) is 0 Å². The van der Waals surface area contributed by atoms with Gasteiger partial charge in [0.15, 0.2) is 0 Å². The number of rotatable bonds is 15. The SMILES string of the molecule is C/C=C\CC.C=C/C=C/C(/C=C\C(C)=C\C=C/C)=C/C=C/NC1C=c2c(n(-c3ccccc3)c3ccccc23)=CC1.CC.CC/C=C\C=C/c1ccccc1C1=CC(NC)=CC(C)=CC1.Cc1ccccc1. The predicted molar refractivity (Wildman–Crippen MR) is 323 cm³/mol. The number of aryl methyl sites for hydroxylation is 1. The molecule has 2 N–H and O–H groups in total. The molecule has 0 spiro atoms. The van der Waals surface area contributed by atoms with E-state index >= 15 is 0 Å². The summed E-state index contributed by atoms with van der Waals surface area (Å²) in [4.78, 5) is 0. The van der Waals surface area contributed by atoms with Crippen molar-refractivity contribution in [2.45, 2.75) is 94.0 Å². The molecular formula is C69H83N3. The van der Waals surface area contributed by atoms with E-state index in [1.807, 2.05) is 77.4 Å². The molecule has 2 aliphatic rings. The van der Waals surface area contributed by atoms with Crippen molar-refractivity contribution < 1.29 is 0 Å². The number of fused-ring (bicyclic) bond motifs is 3. The zero-order chi connectivity index (χ0) is 52.2. The molecule has 72 heavy (non-hydrogen) atoms. The Morgan fingerprint density at radius 3 is 2.06 bits per heavy atom.